The zero-order valence-corrected chi connectivity index (χ0v) is 13.0. The van der Waals surface area contributed by atoms with Crippen LogP contribution in [0, 0.1) is 0 Å². The maximum absolute atomic E-state index is 10.2. The molecule has 2 aliphatic heterocycles. The van der Waals surface area contributed by atoms with Crippen molar-refractivity contribution in [3.63, 3.8) is 0 Å². The lowest BCUT2D eigenvalue weighted by atomic mass is 10.00. The maximum atomic E-state index is 10.2. The third-order valence-electron chi connectivity index (χ3n) is 4.06. The fraction of sp³-hybridized carbons (Fsp3) is 1.00. The van der Waals surface area contributed by atoms with Gasteiger partial charge in [-0.15, -0.1) is 0 Å². The summed E-state index contributed by atoms with van der Waals surface area (Å²) >= 11 is 0. The minimum Gasteiger partial charge on any atom is -0.394 e. The van der Waals surface area contributed by atoms with E-state index in [0.717, 1.165) is 0 Å². The number of aliphatic hydroxyl groups excluding tert-OH is 5. The van der Waals surface area contributed by atoms with Crippen molar-refractivity contribution >= 4 is 0 Å². The third-order valence-corrected chi connectivity index (χ3v) is 4.06. The Bertz CT molecular complexity index is 355. The molecule has 2 heterocycles. The highest BCUT2D eigenvalue weighted by Gasteiger charge is 2.43. The lowest BCUT2D eigenvalue weighted by Gasteiger charge is -2.42. The summed E-state index contributed by atoms with van der Waals surface area (Å²) in [4.78, 5) is 0. The van der Waals surface area contributed by atoms with Gasteiger partial charge in [-0.3, -0.25) is 0 Å². The van der Waals surface area contributed by atoms with Crippen LogP contribution in [0.25, 0.3) is 0 Å². The van der Waals surface area contributed by atoms with Crippen LogP contribution in [0.15, 0.2) is 0 Å². The van der Waals surface area contributed by atoms with Crippen LogP contribution in [0.1, 0.15) is 19.8 Å². The lowest BCUT2D eigenvalue weighted by Crippen LogP contribution is -2.56. The Morgan fingerprint density at radius 3 is 2.13 bits per heavy atom. The van der Waals surface area contributed by atoms with Crippen LogP contribution in [0.3, 0.4) is 0 Å². The maximum Gasteiger partial charge on any atom is 0.161 e. The molecule has 0 amide bonds. The molecule has 8 atom stereocenters. The molecule has 2 rings (SSSR count). The predicted molar refractivity (Wildman–Crippen MR) is 75.2 cm³/mol. The molecule has 0 bridgehead atoms. The first-order chi connectivity index (χ1) is 11.0. The van der Waals surface area contributed by atoms with E-state index in [4.69, 9.17) is 24.1 Å². The summed E-state index contributed by atoms with van der Waals surface area (Å²) in [5.74, 6) is 0. The van der Waals surface area contributed by atoms with E-state index in [1.807, 2.05) is 0 Å². The summed E-state index contributed by atoms with van der Waals surface area (Å²) in [6.45, 7) is 1.35. The lowest BCUT2D eigenvalue weighted by molar-refractivity contribution is -0.320. The van der Waals surface area contributed by atoms with Crippen LogP contribution in [-0.4, -0.2) is 94.6 Å². The molecule has 23 heavy (non-hydrogen) atoms. The molecular formula is C14H26O9. The van der Waals surface area contributed by atoms with Gasteiger partial charge in [-0.25, -0.2) is 0 Å². The molecule has 9 heteroatoms. The van der Waals surface area contributed by atoms with E-state index in [1.54, 1.807) is 6.92 Å². The molecule has 2 fully saturated rings. The Kier molecular flexibility index (Phi) is 7.14. The SMILES string of the molecule is CCO[C@@H]1CC(O)[C@H](O[C@@H]2C[C@@H](O)C(O)C(CO)O2)C(CO)O1. The predicted octanol–water partition coefficient (Wildman–Crippen LogP) is -2.29. The highest BCUT2D eigenvalue weighted by Crippen LogP contribution is 2.28. The minimum atomic E-state index is -1.21. The van der Waals surface area contributed by atoms with Gasteiger partial charge in [0.15, 0.2) is 12.6 Å². The van der Waals surface area contributed by atoms with E-state index in [1.165, 1.54) is 0 Å². The summed E-state index contributed by atoms with van der Waals surface area (Å²) < 4.78 is 21.8. The van der Waals surface area contributed by atoms with Gasteiger partial charge in [-0.1, -0.05) is 0 Å². The van der Waals surface area contributed by atoms with Crippen molar-refractivity contribution in [2.24, 2.45) is 0 Å². The quantitative estimate of drug-likeness (QED) is 0.362. The Morgan fingerprint density at radius 2 is 1.52 bits per heavy atom. The highest BCUT2D eigenvalue weighted by atomic mass is 16.7. The minimum absolute atomic E-state index is 0.0199. The van der Waals surface area contributed by atoms with Gasteiger partial charge < -0.3 is 44.5 Å². The molecule has 2 saturated heterocycles. The van der Waals surface area contributed by atoms with Crippen LogP contribution in [-0.2, 0) is 18.9 Å². The summed E-state index contributed by atoms with van der Waals surface area (Å²) in [5, 5.41) is 48.3. The topological polar surface area (TPSA) is 138 Å². The van der Waals surface area contributed by atoms with E-state index in [9.17, 15) is 20.4 Å². The number of aliphatic hydroxyl groups is 5. The second kappa shape index (κ2) is 8.65. The van der Waals surface area contributed by atoms with Crippen molar-refractivity contribution < 1.29 is 44.5 Å². The molecule has 0 radical (unpaired) electrons. The van der Waals surface area contributed by atoms with Gasteiger partial charge in [0.1, 0.15) is 24.4 Å². The van der Waals surface area contributed by atoms with Gasteiger partial charge in [0, 0.05) is 19.4 Å². The van der Waals surface area contributed by atoms with E-state index in [-0.39, 0.29) is 19.4 Å². The molecule has 0 saturated carbocycles. The van der Waals surface area contributed by atoms with E-state index in [2.05, 4.69) is 0 Å². The van der Waals surface area contributed by atoms with Crippen molar-refractivity contribution in [1.29, 1.82) is 0 Å². The molecule has 0 spiro atoms. The van der Waals surface area contributed by atoms with E-state index < -0.39 is 55.8 Å². The van der Waals surface area contributed by atoms with Crippen molar-refractivity contribution in [3.8, 4) is 0 Å². The van der Waals surface area contributed by atoms with Crippen molar-refractivity contribution in [2.75, 3.05) is 19.8 Å². The monoisotopic (exact) mass is 338 g/mol. The zero-order chi connectivity index (χ0) is 17.0. The Balaban J connectivity index is 1.97. The number of ether oxygens (including phenoxy) is 4. The first kappa shape index (κ1) is 19.0. The van der Waals surface area contributed by atoms with Crippen molar-refractivity contribution in [3.05, 3.63) is 0 Å². The van der Waals surface area contributed by atoms with Gasteiger partial charge in [0.2, 0.25) is 0 Å². The number of hydrogen-bond donors (Lipinski definition) is 5. The van der Waals surface area contributed by atoms with Crippen LogP contribution >= 0.6 is 0 Å². The Labute approximate surface area is 134 Å². The Morgan fingerprint density at radius 1 is 0.913 bits per heavy atom. The summed E-state index contributed by atoms with van der Waals surface area (Å²) in [7, 11) is 0. The zero-order valence-electron chi connectivity index (χ0n) is 13.0. The van der Waals surface area contributed by atoms with Gasteiger partial charge >= 0.3 is 0 Å². The van der Waals surface area contributed by atoms with Crippen molar-refractivity contribution in [2.45, 2.75) is 69.0 Å². The van der Waals surface area contributed by atoms with Crippen LogP contribution < -0.4 is 0 Å². The molecule has 136 valence electrons. The summed E-state index contributed by atoms with van der Waals surface area (Å²) in [6.07, 6.45) is -7.33. The second-order valence-electron chi connectivity index (χ2n) is 5.73. The van der Waals surface area contributed by atoms with Crippen LogP contribution in [0.2, 0.25) is 0 Å². The standard InChI is InChI=1S/C14H26O9/c1-2-20-11-4-8(18)14(10(6-16)22-11)23-12-3-7(17)13(19)9(5-15)21-12/h7-19H,2-6H2,1H3/t7-,8?,9?,10?,11+,12-,13?,14+/m1/s1. The van der Waals surface area contributed by atoms with E-state index in [0.29, 0.717) is 6.61 Å². The average molecular weight is 338 g/mol. The normalized spacial score (nSPS) is 45.1. The van der Waals surface area contributed by atoms with Gasteiger partial charge in [0.05, 0.1) is 25.4 Å². The largest absolute Gasteiger partial charge is 0.394 e. The molecular weight excluding hydrogens is 312 g/mol. The molecule has 4 unspecified atom stereocenters. The van der Waals surface area contributed by atoms with Gasteiger partial charge in [-0.05, 0) is 6.92 Å². The van der Waals surface area contributed by atoms with Crippen LogP contribution in [0.5, 0.6) is 0 Å². The summed E-state index contributed by atoms with van der Waals surface area (Å²) in [6, 6.07) is 0. The molecule has 0 aromatic carbocycles. The molecule has 2 aliphatic rings. The molecule has 0 aliphatic carbocycles. The fourth-order valence-corrected chi connectivity index (χ4v) is 2.85. The third kappa shape index (κ3) is 4.59. The first-order valence-electron chi connectivity index (χ1n) is 7.84. The van der Waals surface area contributed by atoms with Crippen LogP contribution in [0.4, 0.5) is 0 Å². The number of hydrogen-bond acceptors (Lipinski definition) is 9. The smallest absolute Gasteiger partial charge is 0.161 e. The molecule has 5 N–H and O–H groups in total. The second-order valence-corrected chi connectivity index (χ2v) is 5.73. The van der Waals surface area contributed by atoms with Gasteiger partial charge in [0.25, 0.3) is 0 Å². The first-order valence-corrected chi connectivity index (χ1v) is 7.84. The highest BCUT2D eigenvalue weighted by molar-refractivity contribution is 4.87. The molecule has 0 aromatic rings. The average Bonchev–Trinajstić information content (AvgIpc) is 2.53. The summed E-state index contributed by atoms with van der Waals surface area (Å²) in [5.41, 5.74) is 0. The van der Waals surface area contributed by atoms with E-state index >= 15 is 0 Å². The van der Waals surface area contributed by atoms with Gasteiger partial charge in [-0.2, -0.15) is 0 Å². The molecule has 9 nitrogen and oxygen atoms in total. The fourth-order valence-electron chi connectivity index (χ4n) is 2.85. The van der Waals surface area contributed by atoms with Crippen molar-refractivity contribution in [1.82, 2.24) is 0 Å². The molecule has 0 aromatic heterocycles. The number of rotatable bonds is 6. The Hall–Kier alpha value is -0.360.